The number of fused-ring (bicyclic) bond motifs is 1. The number of carbonyl (C=O) groups is 1. The minimum atomic E-state index is -0.0898. The van der Waals surface area contributed by atoms with Crippen molar-refractivity contribution in [1.82, 2.24) is 24.9 Å². The summed E-state index contributed by atoms with van der Waals surface area (Å²) in [5.74, 6) is 0.191. The third-order valence-corrected chi connectivity index (χ3v) is 5.89. The summed E-state index contributed by atoms with van der Waals surface area (Å²) in [5.41, 5.74) is 3.77. The maximum Gasteiger partial charge on any atom is 0.272 e. The Morgan fingerprint density at radius 2 is 2.07 bits per heavy atom. The number of morpholine rings is 1. The van der Waals surface area contributed by atoms with Gasteiger partial charge in [-0.25, -0.2) is 0 Å². The number of nitrogens with one attached hydrogen (secondary N) is 1. The van der Waals surface area contributed by atoms with Gasteiger partial charge in [0.05, 0.1) is 13.2 Å². The molecule has 1 aromatic carbocycles. The van der Waals surface area contributed by atoms with Gasteiger partial charge in [-0.3, -0.25) is 19.3 Å². The van der Waals surface area contributed by atoms with Crippen LogP contribution in [0.1, 0.15) is 33.7 Å². The topological polar surface area (TPSA) is 82.9 Å². The Bertz CT molecular complexity index is 876. The van der Waals surface area contributed by atoms with Crippen LogP contribution in [0.2, 0.25) is 0 Å². The number of phenols is 1. The summed E-state index contributed by atoms with van der Waals surface area (Å²) in [6.45, 7) is 7.49. The summed E-state index contributed by atoms with van der Waals surface area (Å²) in [4.78, 5) is 17.5. The van der Waals surface area contributed by atoms with E-state index in [1.54, 1.807) is 12.1 Å². The highest BCUT2D eigenvalue weighted by molar-refractivity contribution is 5.94. The van der Waals surface area contributed by atoms with E-state index in [1.807, 2.05) is 23.9 Å². The number of hydrogen-bond acceptors (Lipinski definition) is 6. The Labute approximate surface area is 177 Å². The van der Waals surface area contributed by atoms with Gasteiger partial charge < -0.3 is 15.2 Å². The molecule has 2 aromatic rings. The molecule has 0 aliphatic carbocycles. The van der Waals surface area contributed by atoms with Crippen LogP contribution in [-0.4, -0.2) is 76.5 Å². The van der Waals surface area contributed by atoms with E-state index in [9.17, 15) is 9.90 Å². The van der Waals surface area contributed by atoms with E-state index in [0.29, 0.717) is 18.8 Å². The van der Waals surface area contributed by atoms with E-state index < -0.39 is 0 Å². The number of carbonyl (C=O) groups excluding carboxylic acids is 1. The summed E-state index contributed by atoms with van der Waals surface area (Å²) in [6.07, 6.45) is 1.78. The van der Waals surface area contributed by atoms with E-state index in [1.165, 1.54) is 0 Å². The Morgan fingerprint density at radius 3 is 2.87 bits per heavy atom. The largest absolute Gasteiger partial charge is 0.508 e. The Morgan fingerprint density at radius 1 is 1.23 bits per heavy atom. The van der Waals surface area contributed by atoms with E-state index in [-0.39, 0.29) is 11.7 Å². The number of phenolic OH excluding ortho intramolecular Hbond substituents is 1. The molecule has 2 N–H and O–H groups in total. The molecule has 2 aliphatic heterocycles. The predicted molar refractivity (Wildman–Crippen MR) is 113 cm³/mol. The van der Waals surface area contributed by atoms with Crippen molar-refractivity contribution in [3.05, 3.63) is 46.8 Å². The molecular weight excluding hydrogens is 382 g/mol. The lowest BCUT2D eigenvalue weighted by molar-refractivity contribution is 0.0374. The molecule has 8 nitrogen and oxygen atoms in total. The van der Waals surface area contributed by atoms with Gasteiger partial charge in [-0.2, -0.15) is 5.10 Å². The lowest BCUT2D eigenvalue weighted by Crippen LogP contribution is -2.38. The van der Waals surface area contributed by atoms with Crippen molar-refractivity contribution in [2.75, 3.05) is 45.9 Å². The molecule has 30 heavy (non-hydrogen) atoms. The number of hydrogen-bond donors (Lipinski definition) is 2. The second kappa shape index (κ2) is 9.59. The molecular formula is C22H31N5O3. The standard InChI is InChI=1S/C22H31N5O3/c1-25-20-6-9-27(15-17-4-2-5-18(28)14-17)16-19(20)21(24-25)22(29)23-7-3-8-26-10-12-30-13-11-26/h2,4-5,14,28H,3,6-13,15-16H2,1H3,(H,23,29). The number of aromatic nitrogens is 2. The Kier molecular flexibility index (Phi) is 6.66. The number of ether oxygens (including phenoxy) is 1. The van der Waals surface area contributed by atoms with Gasteiger partial charge in [-0.1, -0.05) is 12.1 Å². The highest BCUT2D eigenvalue weighted by Crippen LogP contribution is 2.24. The summed E-state index contributed by atoms with van der Waals surface area (Å²) < 4.78 is 7.22. The zero-order valence-electron chi connectivity index (χ0n) is 17.6. The molecule has 0 unspecified atom stereocenters. The highest BCUT2D eigenvalue weighted by atomic mass is 16.5. The minimum Gasteiger partial charge on any atom is -0.508 e. The molecule has 3 heterocycles. The van der Waals surface area contributed by atoms with Crippen molar-refractivity contribution < 1.29 is 14.6 Å². The molecule has 0 bridgehead atoms. The third kappa shape index (κ3) is 5.00. The number of amides is 1. The van der Waals surface area contributed by atoms with Crippen molar-refractivity contribution in [2.24, 2.45) is 7.05 Å². The summed E-state index contributed by atoms with van der Waals surface area (Å²) in [7, 11) is 1.92. The quantitative estimate of drug-likeness (QED) is 0.663. The predicted octanol–water partition coefficient (Wildman–Crippen LogP) is 1.14. The van der Waals surface area contributed by atoms with Crippen molar-refractivity contribution in [1.29, 1.82) is 0 Å². The van der Waals surface area contributed by atoms with Crippen LogP contribution in [0, 0.1) is 0 Å². The molecule has 2 aliphatic rings. The van der Waals surface area contributed by atoms with Gasteiger partial charge in [0.2, 0.25) is 0 Å². The summed E-state index contributed by atoms with van der Waals surface area (Å²) in [5, 5.41) is 17.3. The van der Waals surface area contributed by atoms with E-state index in [2.05, 4.69) is 20.2 Å². The van der Waals surface area contributed by atoms with E-state index >= 15 is 0 Å². The normalized spacial score (nSPS) is 17.6. The molecule has 0 atom stereocenters. The van der Waals surface area contributed by atoms with Crippen LogP contribution in [0.5, 0.6) is 5.75 Å². The van der Waals surface area contributed by atoms with Crippen molar-refractivity contribution in [3.8, 4) is 5.75 Å². The fourth-order valence-electron chi connectivity index (χ4n) is 4.29. The Balaban J connectivity index is 1.34. The maximum atomic E-state index is 12.8. The first-order valence-electron chi connectivity index (χ1n) is 10.7. The first-order chi connectivity index (χ1) is 14.6. The van der Waals surface area contributed by atoms with Gasteiger partial charge in [0.1, 0.15) is 5.75 Å². The number of aryl methyl sites for hydroxylation is 1. The van der Waals surface area contributed by atoms with Crippen LogP contribution in [0.25, 0.3) is 0 Å². The van der Waals surface area contributed by atoms with Gasteiger partial charge in [-0.05, 0) is 30.7 Å². The van der Waals surface area contributed by atoms with Crippen LogP contribution in [-0.2, 0) is 31.3 Å². The van der Waals surface area contributed by atoms with Crippen LogP contribution in [0.4, 0.5) is 0 Å². The van der Waals surface area contributed by atoms with Gasteiger partial charge in [0.25, 0.3) is 5.91 Å². The Hall–Kier alpha value is -2.42. The summed E-state index contributed by atoms with van der Waals surface area (Å²) >= 11 is 0. The average molecular weight is 414 g/mol. The molecule has 1 saturated heterocycles. The van der Waals surface area contributed by atoms with Gasteiger partial charge in [0.15, 0.2) is 5.69 Å². The van der Waals surface area contributed by atoms with Crippen molar-refractivity contribution >= 4 is 5.91 Å². The summed E-state index contributed by atoms with van der Waals surface area (Å²) in [6, 6.07) is 7.35. The lowest BCUT2D eigenvalue weighted by Gasteiger charge is -2.27. The van der Waals surface area contributed by atoms with Crippen LogP contribution in [0.15, 0.2) is 24.3 Å². The van der Waals surface area contributed by atoms with Gasteiger partial charge in [-0.15, -0.1) is 0 Å². The fourth-order valence-corrected chi connectivity index (χ4v) is 4.29. The smallest absolute Gasteiger partial charge is 0.272 e. The van der Waals surface area contributed by atoms with E-state index in [4.69, 9.17) is 4.74 Å². The molecule has 8 heteroatoms. The van der Waals surface area contributed by atoms with Gasteiger partial charge in [0, 0.05) is 64.0 Å². The second-order valence-electron chi connectivity index (χ2n) is 8.09. The maximum absolute atomic E-state index is 12.8. The molecule has 162 valence electrons. The average Bonchev–Trinajstić information content (AvgIpc) is 3.08. The van der Waals surface area contributed by atoms with Crippen LogP contribution < -0.4 is 5.32 Å². The fraction of sp³-hybridized carbons (Fsp3) is 0.545. The first kappa shape index (κ1) is 20.8. The SMILES string of the molecule is Cn1nc(C(=O)NCCCN2CCOCC2)c2c1CCN(Cc1cccc(O)c1)C2. The van der Waals surface area contributed by atoms with Crippen LogP contribution in [0.3, 0.4) is 0 Å². The first-order valence-corrected chi connectivity index (χ1v) is 10.7. The molecule has 0 radical (unpaired) electrons. The lowest BCUT2D eigenvalue weighted by atomic mass is 10.0. The molecule has 1 aromatic heterocycles. The molecule has 4 rings (SSSR count). The molecule has 1 fully saturated rings. The molecule has 0 spiro atoms. The monoisotopic (exact) mass is 413 g/mol. The van der Waals surface area contributed by atoms with Crippen molar-refractivity contribution in [2.45, 2.75) is 25.9 Å². The zero-order valence-corrected chi connectivity index (χ0v) is 17.6. The number of rotatable bonds is 7. The zero-order chi connectivity index (χ0) is 20.9. The van der Waals surface area contributed by atoms with Crippen LogP contribution >= 0.6 is 0 Å². The molecule has 1 amide bonds. The minimum absolute atomic E-state index is 0.0898. The molecule has 0 saturated carbocycles. The highest BCUT2D eigenvalue weighted by Gasteiger charge is 2.27. The van der Waals surface area contributed by atoms with Gasteiger partial charge >= 0.3 is 0 Å². The number of benzene rings is 1. The number of nitrogens with zero attached hydrogens (tertiary/aromatic N) is 4. The second-order valence-corrected chi connectivity index (χ2v) is 8.09. The van der Waals surface area contributed by atoms with Crippen molar-refractivity contribution in [3.63, 3.8) is 0 Å². The number of aromatic hydroxyl groups is 1. The van der Waals surface area contributed by atoms with E-state index in [0.717, 1.165) is 75.6 Å². The third-order valence-electron chi connectivity index (χ3n) is 5.89.